The normalized spacial score (nSPS) is 28.4. The lowest BCUT2D eigenvalue weighted by atomic mass is 10.0. The molecule has 51 heavy (non-hydrogen) atoms. The lowest BCUT2D eigenvalue weighted by Gasteiger charge is -2.30. The largest absolute Gasteiger partial charge is 0.444 e. The highest BCUT2D eigenvalue weighted by atomic mass is 32.2. The average molecular weight is 735 g/mol. The average Bonchev–Trinajstić information content (AvgIpc) is 3.96. The number of halogens is 1. The summed E-state index contributed by atoms with van der Waals surface area (Å²) < 4.78 is 52.0. The van der Waals surface area contributed by atoms with Gasteiger partial charge in [0.2, 0.25) is 21.8 Å². The molecule has 2 saturated carbocycles. The van der Waals surface area contributed by atoms with Crippen LogP contribution in [0.15, 0.2) is 30.5 Å². The molecule has 2 aliphatic heterocycles. The topological polar surface area (TPSA) is 202 Å². The number of aromatic nitrogens is 1. The van der Waals surface area contributed by atoms with E-state index < -0.39 is 92.3 Å². The van der Waals surface area contributed by atoms with Crippen molar-refractivity contribution in [2.24, 2.45) is 5.92 Å². The van der Waals surface area contributed by atoms with Crippen LogP contribution in [0.5, 0.6) is 0 Å². The molecule has 1 aromatic rings. The smallest absolute Gasteiger partial charge is 0.408 e. The summed E-state index contributed by atoms with van der Waals surface area (Å²) in [7, 11) is -3.92. The standard InChI is InChI=1S/C34H47FN6O9S/c1-20(25-15-12-22(35)18-36-25)37-31(45)49-23-16-27-28(42)39-34(30(44)40-51(47,48)24-13-14-24)17-21(34)10-8-6-5-7-9-11-26(29(43)41(27)19-23)38-32(46)50-33(2,3)4/h8,10,12,15,18,20-21,23-24,26-27H,5-7,9,11,13-14,16-17,19H2,1-4H3,(H,37,45)(H,38,46)(H,39,42)(H,40,44)/b10-8-/t20-,21-,23+,26-,27-,34+/m0/s1. The van der Waals surface area contributed by atoms with Gasteiger partial charge in [0.15, 0.2) is 0 Å². The molecule has 5 amide bonds. The second-order valence-corrected chi connectivity index (χ2v) is 16.7. The number of sulfonamides is 1. The molecule has 0 aromatic carbocycles. The first-order chi connectivity index (χ1) is 24.0. The minimum Gasteiger partial charge on any atom is -0.444 e. The lowest BCUT2D eigenvalue weighted by Crippen LogP contribution is -2.58. The molecule has 1 aromatic heterocycles. The van der Waals surface area contributed by atoms with Crippen LogP contribution in [0.2, 0.25) is 0 Å². The molecule has 4 aliphatic rings. The Kier molecular flexibility index (Phi) is 11.3. The molecule has 1 saturated heterocycles. The number of amides is 5. The Bertz CT molecular complexity index is 1650. The van der Waals surface area contributed by atoms with Gasteiger partial charge in [-0.05, 0) is 78.4 Å². The first-order valence-corrected chi connectivity index (χ1v) is 19.0. The third kappa shape index (κ3) is 9.74. The molecule has 0 unspecified atom stereocenters. The van der Waals surface area contributed by atoms with Gasteiger partial charge in [-0.15, -0.1) is 0 Å². The lowest BCUT2D eigenvalue weighted by molar-refractivity contribution is -0.141. The molecule has 5 rings (SSSR count). The van der Waals surface area contributed by atoms with Gasteiger partial charge < -0.3 is 30.3 Å². The van der Waals surface area contributed by atoms with Crippen molar-refractivity contribution in [3.63, 3.8) is 0 Å². The third-order valence-electron chi connectivity index (χ3n) is 9.34. The van der Waals surface area contributed by atoms with E-state index in [4.69, 9.17) is 9.47 Å². The predicted octanol–water partition coefficient (Wildman–Crippen LogP) is 2.87. The molecule has 280 valence electrons. The Morgan fingerprint density at radius 1 is 1.10 bits per heavy atom. The fraction of sp³-hybridized carbons (Fsp3) is 0.647. The van der Waals surface area contributed by atoms with Crippen molar-refractivity contribution in [3.05, 3.63) is 42.0 Å². The van der Waals surface area contributed by atoms with Gasteiger partial charge in [-0.1, -0.05) is 25.0 Å². The summed E-state index contributed by atoms with van der Waals surface area (Å²) in [6.07, 6.45) is 5.89. The molecule has 17 heteroatoms. The number of ether oxygens (including phenoxy) is 2. The van der Waals surface area contributed by atoms with Crippen molar-refractivity contribution in [2.45, 2.75) is 126 Å². The van der Waals surface area contributed by atoms with Gasteiger partial charge in [-0.25, -0.2) is 22.4 Å². The number of alkyl carbamates (subject to hydrolysis) is 2. The van der Waals surface area contributed by atoms with E-state index >= 15 is 0 Å². The fourth-order valence-corrected chi connectivity index (χ4v) is 7.74. The Morgan fingerprint density at radius 2 is 1.84 bits per heavy atom. The van der Waals surface area contributed by atoms with Crippen LogP contribution in [0.25, 0.3) is 0 Å². The summed E-state index contributed by atoms with van der Waals surface area (Å²) in [4.78, 5) is 72.9. The van der Waals surface area contributed by atoms with Crippen LogP contribution in [0.1, 0.15) is 97.2 Å². The van der Waals surface area contributed by atoms with Gasteiger partial charge in [0.25, 0.3) is 5.91 Å². The SMILES string of the molecule is C[C@H](NC(=O)O[C@@H]1C[C@H]2C(=O)N[C@]3(C(=O)NS(=O)(=O)C4CC4)C[C@@H]3/C=C\CCCCC[C@H](NC(=O)OC(C)(C)C)C(=O)N2C1)c1ccc(F)cn1. The number of carbonyl (C=O) groups is 5. The molecule has 15 nitrogen and oxygen atoms in total. The van der Waals surface area contributed by atoms with Crippen LogP contribution in [-0.4, -0.2) is 89.3 Å². The first kappa shape index (κ1) is 38.0. The highest BCUT2D eigenvalue weighted by Crippen LogP contribution is 2.46. The van der Waals surface area contributed by atoms with E-state index in [2.05, 4.69) is 25.7 Å². The molecule has 0 spiro atoms. The molecule has 3 heterocycles. The zero-order chi connectivity index (χ0) is 37.1. The van der Waals surface area contributed by atoms with E-state index in [0.29, 0.717) is 37.8 Å². The number of fused-ring (bicyclic) bond motifs is 2. The van der Waals surface area contributed by atoms with Crippen molar-refractivity contribution < 1.29 is 46.3 Å². The maximum atomic E-state index is 14.2. The van der Waals surface area contributed by atoms with Gasteiger partial charge in [-0.2, -0.15) is 0 Å². The number of pyridine rings is 1. The number of rotatable bonds is 7. The van der Waals surface area contributed by atoms with Crippen molar-refractivity contribution in [1.82, 2.24) is 30.6 Å². The summed E-state index contributed by atoms with van der Waals surface area (Å²) in [6, 6.07) is -0.371. The summed E-state index contributed by atoms with van der Waals surface area (Å²) in [5.74, 6) is -3.21. The van der Waals surface area contributed by atoms with Crippen LogP contribution in [-0.2, 0) is 33.9 Å². The number of hydrogen-bond donors (Lipinski definition) is 4. The summed E-state index contributed by atoms with van der Waals surface area (Å²) in [5, 5.41) is 7.37. The molecule has 3 fully saturated rings. The highest BCUT2D eigenvalue weighted by Gasteiger charge is 2.62. The molecule has 4 N–H and O–H groups in total. The number of carbonyl (C=O) groups excluding carboxylic acids is 5. The Morgan fingerprint density at radius 3 is 2.51 bits per heavy atom. The van der Waals surface area contributed by atoms with Crippen LogP contribution >= 0.6 is 0 Å². The van der Waals surface area contributed by atoms with Crippen molar-refractivity contribution in [2.75, 3.05) is 6.54 Å². The number of hydrogen-bond acceptors (Lipinski definition) is 10. The van der Waals surface area contributed by atoms with Crippen molar-refractivity contribution >= 4 is 39.9 Å². The zero-order valence-electron chi connectivity index (χ0n) is 29.3. The minimum absolute atomic E-state index is 0.147. The summed E-state index contributed by atoms with van der Waals surface area (Å²) in [5.41, 5.74) is -2.03. The van der Waals surface area contributed by atoms with Crippen molar-refractivity contribution in [1.29, 1.82) is 0 Å². The third-order valence-corrected chi connectivity index (χ3v) is 11.2. The van der Waals surface area contributed by atoms with E-state index in [9.17, 15) is 36.8 Å². The maximum absolute atomic E-state index is 14.2. The molecule has 6 atom stereocenters. The number of allylic oxidation sites excluding steroid dienone is 1. The number of nitrogens with zero attached hydrogens (tertiary/aromatic N) is 2. The van der Waals surface area contributed by atoms with Gasteiger partial charge in [0.05, 0.1) is 29.7 Å². The van der Waals surface area contributed by atoms with Crippen molar-refractivity contribution in [3.8, 4) is 0 Å². The highest BCUT2D eigenvalue weighted by molar-refractivity contribution is 7.91. The number of nitrogens with one attached hydrogen (secondary N) is 4. The second kappa shape index (κ2) is 15.1. The van der Waals surface area contributed by atoms with Crippen LogP contribution in [0.3, 0.4) is 0 Å². The zero-order valence-corrected chi connectivity index (χ0v) is 30.1. The molecule has 2 aliphatic carbocycles. The van der Waals surface area contributed by atoms with Gasteiger partial charge in [-0.3, -0.25) is 24.1 Å². The monoisotopic (exact) mass is 734 g/mol. The van der Waals surface area contributed by atoms with E-state index in [1.807, 2.05) is 6.08 Å². The maximum Gasteiger partial charge on any atom is 0.408 e. The molecule has 0 bridgehead atoms. The Hall–Kier alpha value is -4.28. The van der Waals surface area contributed by atoms with E-state index in [1.165, 1.54) is 17.0 Å². The minimum atomic E-state index is -3.92. The van der Waals surface area contributed by atoms with Gasteiger partial charge >= 0.3 is 12.2 Å². The van der Waals surface area contributed by atoms with E-state index in [-0.39, 0.29) is 25.8 Å². The van der Waals surface area contributed by atoms with Crippen LogP contribution in [0.4, 0.5) is 14.0 Å². The van der Waals surface area contributed by atoms with Crippen LogP contribution in [0, 0.1) is 11.7 Å². The molecular formula is C34H47FN6O9S. The van der Waals surface area contributed by atoms with E-state index in [0.717, 1.165) is 12.6 Å². The molecular weight excluding hydrogens is 687 g/mol. The quantitative estimate of drug-likeness (QED) is 0.302. The summed E-state index contributed by atoms with van der Waals surface area (Å²) in [6.45, 7) is 6.47. The fourth-order valence-electron chi connectivity index (χ4n) is 6.38. The van der Waals surface area contributed by atoms with E-state index in [1.54, 1.807) is 33.8 Å². The predicted molar refractivity (Wildman–Crippen MR) is 181 cm³/mol. The molecule has 0 radical (unpaired) electrons. The Balaban J connectivity index is 1.39. The second-order valence-electron chi connectivity index (χ2n) is 14.7. The van der Waals surface area contributed by atoms with Gasteiger partial charge in [0.1, 0.15) is 35.1 Å². The van der Waals surface area contributed by atoms with Gasteiger partial charge in [0, 0.05) is 12.3 Å². The Labute approximate surface area is 296 Å². The van der Waals surface area contributed by atoms with Crippen LogP contribution < -0.4 is 20.7 Å². The first-order valence-electron chi connectivity index (χ1n) is 17.4. The summed E-state index contributed by atoms with van der Waals surface area (Å²) >= 11 is 0.